The topological polar surface area (TPSA) is 85.7 Å². The van der Waals surface area contributed by atoms with Crippen LogP contribution in [0.1, 0.15) is 23.1 Å². The number of alkyl halides is 1. The van der Waals surface area contributed by atoms with Crippen LogP contribution in [0.2, 0.25) is 0 Å². The van der Waals surface area contributed by atoms with Gasteiger partial charge in [-0.25, -0.2) is 4.39 Å². The zero-order valence-corrected chi connectivity index (χ0v) is 19.6. The minimum absolute atomic E-state index is 0.0903. The fourth-order valence-electron chi connectivity index (χ4n) is 4.58. The molecule has 0 saturated carbocycles. The van der Waals surface area contributed by atoms with Crippen LogP contribution in [0.25, 0.3) is 27.7 Å². The molecule has 3 aromatic carbocycles. The van der Waals surface area contributed by atoms with Crippen LogP contribution in [-0.2, 0) is 22.7 Å². The SMILES string of the molecule is NCc1cccc(-c2cc(COC3C=C(c4ccccc4)C=CC3(F)CC(=O)O)cc3ccoc23)c1. The fraction of sp³-hybridized carbons (Fsp3) is 0.167. The summed E-state index contributed by atoms with van der Waals surface area (Å²) >= 11 is 0. The van der Waals surface area contributed by atoms with Crippen LogP contribution in [0, 0.1) is 0 Å². The highest BCUT2D eigenvalue weighted by atomic mass is 19.1. The van der Waals surface area contributed by atoms with Crippen LogP contribution in [0.3, 0.4) is 0 Å². The van der Waals surface area contributed by atoms with Crippen molar-refractivity contribution in [1.82, 2.24) is 0 Å². The molecule has 2 unspecified atom stereocenters. The summed E-state index contributed by atoms with van der Waals surface area (Å²) in [7, 11) is 0. The van der Waals surface area contributed by atoms with Gasteiger partial charge in [-0.1, -0.05) is 54.6 Å². The second-order valence-corrected chi connectivity index (χ2v) is 8.94. The number of aliphatic carboxylic acids is 1. The molecule has 0 aliphatic heterocycles. The van der Waals surface area contributed by atoms with Crippen molar-refractivity contribution in [2.75, 3.05) is 0 Å². The van der Waals surface area contributed by atoms with Gasteiger partial charge < -0.3 is 20.0 Å². The highest BCUT2D eigenvalue weighted by Gasteiger charge is 2.41. The van der Waals surface area contributed by atoms with Gasteiger partial charge in [-0.2, -0.15) is 0 Å². The molecule has 1 aromatic heterocycles. The summed E-state index contributed by atoms with van der Waals surface area (Å²) in [4.78, 5) is 11.4. The number of carbonyl (C=O) groups is 1. The molecular formula is C30H26FNO4. The number of nitrogens with two attached hydrogens (primary N) is 1. The lowest BCUT2D eigenvalue weighted by molar-refractivity contribution is -0.141. The lowest BCUT2D eigenvalue weighted by atomic mass is 9.86. The summed E-state index contributed by atoms with van der Waals surface area (Å²) in [5, 5.41) is 10.2. The summed E-state index contributed by atoms with van der Waals surface area (Å²) in [5.74, 6) is -1.23. The Kier molecular flexibility index (Phi) is 6.55. The number of fused-ring (bicyclic) bond motifs is 1. The van der Waals surface area contributed by atoms with Gasteiger partial charge in [0.25, 0.3) is 0 Å². The van der Waals surface area contributed by atoms with Gasteiger partial charge in [-0.15, -0.1) is 0 Å². The molecule has 0 radical (unpaired) electrons. The van der Waals surface area contributed by atoms with Gasteiger partial charge in [0, 0.05) is 17.5 Å². The summed E-state index contributed by atoms with van der Waals surface area (Å²) in [6.07, 6.45) is 4.46. The largest absolute Gasteiger partial charge is 0.481 e. The standard InChI is InChI=1S/C30H26FNO4/c31-30(17-28(33)34)11-9-23(22-6-2-1-3-7-22)16-27(30)36-19-21-14-25-10-12-35-29(25)26(15-21)24-8-4-5-20(13-24)18-32/h1-16,27H,17-19,32H2,(H,33,34). The molecule has 3 N–H and O–H groups in total. The first-order valence-corrected chi connectivity index (χ1v) is 11.7. The second-order valence-electron chi connectivity index (χ2n) is 8.94. The molecule has 1 heterocycles. The van der Waals surface area contributed by atoms with E-state index in [0.717, 1.165) is 44.4 Å². The third kappa shape index (κ3) is 4.87. The molecule has 0 spiro atoms. The smallest absolute Gasteiger partial charge is 0.307 e. The highest BCUT2D eigenvalue weighted by molar-refractivity contribution is 5.93. The van der Waals surface area contributed by atoms with Crippen molar-refractivity contribution in [3.63, 3.8) is 0 Å². The molecule has 0 amide bonds. The molecule has 1 aliphatic rings. The zero-order chi connectivity index (χ0) is 25.1. The Labute approximate surface area is 208 Å². The first-order chi connectivity index (χ1) is 17.4. The van der Waals surface area contributed by atoms with Crippen molar-refractivity contribution in [2.24, 2.45) is 5.73 Å². The van der Waals surface area contributed by atoms with Crippen LogP contribution in [-0.4, -0.2) is 22.8 Å². The molecule has 0 saturated heterocycles. The molecule has 5 nitrogen and oxygen atoms in total. The lowest BCUT2D eigenvalue weighted by Gasteiger charge is -2.31. The van der Waals surface area contributed by atoms with E-state index >= 15 is 4.39 Å². The van der Waals surface area contributed by atoms with Crippen molar-refractivity contribution in [1.29, 1.82) is 0 Å². The van der Waals surface area contributed by atoms with Crippen molar-refractivity contribution in [3.8, 4) is 11.1 Å². The van der Waals surface area contributed by atoms with Gasteiger partial charge in [-0.3, -0.25) is 4.79 Å². The van der Waals surface area contributed by atoms with Gasteiger partial charge in [0.1, 0.15) is 11.7 Å². The molecular weight excluding hydrogens is 457 g/mol. The Balaban J connectivity index is 1.47. The molecule has 0 fully saturated rings. The first-order valence-electron chi connectivity index (χ1n) is 11.7. The van der Waals surface area contributed by atoms with E-state index in [4.69, 9.17) is 14.9 Å². The minimum Gasteiger partial charge on any atom is -0.481 e. The third-order valence-corrected chi connectivity index (χ3v) is 6.39. The average molecular weight is 484 g/mol. The van der Waals surface area contributed by atoms with E-state index in [-0.39, 0.29) is 6.61 Å². The van der Waals surface area contributed by atoms with Gasteiger partial charge in [0.15, 0.2) is 5.67 Å². The quantitative estimate of drug-likeness (QED) is 0.308. The molecule has 6 heteroatoms. The number of carboxylic acids is 1. The van der Waals surface area contributed by atoms with Crippen molar-refractivity contribution >= 4 is 22.5 Å². The predicted molar refractivity (Wildman–Crippen MR) is 138 cm³/mol. The minimum atomic E-state index is -2.16. The number of hydrogen-bond acceptors (Lipinski definition) is 4. The number of hydrogen-bond donors (Lipinski definition) is 2. The van der Waals surface area contributed by atoms with E-state index in [9.17, 15) is 9.90 Å². The molecule has 1 aliphatic carbocycles. The maximum Gasteiger partial charge on any atom is 0.307 e. The number of furan rings is 1. The summed E-state index contributed by atoms with van der Waals surface area (Å²) in [6.45, 7) is 0.512. The van der Waals surface area contributed by atoms with Crippen molar-refractivity contribution in [2.45, 2.75) is 31.3 Å². The average Bonchev–Trinajstić information content (AvgIpc) is 3.36. The molecule has 0 bridgehead atoms. The zero-order valence-electron chi connectivity index (χ0n) is 19.6. The van der Waals surface area contributed by atoms with Crippen molar-refractivity contribution in [3.05, 3.63) is 114 Å². The normalized spacial score (nSPS) is 19.4. The van der Waals surface area contributed by atoms with E-state index in [1.54, 1.807) is 18.4 Å². The van der Waals surface area contributed by atoms with Gasteiger partial charge in [0.05, 0.1) is 19.3 Å². The summed E-state index contributed by atoms with van der Waals surface area (Å²) < 4.78 is 27.7. The number of carboxylic acid groups (broad SMARTS) is 1. The van der Waals surface area contributed by atoms with Gasteiger partial charge in [0.2, 0.25) is 0 Å². The predicted octanol–water partition coefficient (Wildman–Crippen LogP) is 6.28. The van der Waals surface area contributed by atoms with Crippen LogP contribution >= 0.6 is 0 Å². The van der Waals surface area contributed by atoms with Gasteiger partial charge >= 0.3 is 5.97 Å². The fourth-order valence-corrected chi connectivity index (χ4v) is 4.58. The number of allylic oxidation sites excluding steroid dienone is 2. The second kappa shape index (κ2) is 9.93. The Morgan fingerprint density at radius 2 is 1.83 bits per heavy atom. The van der Waals surface area contributed by atoms with E-state index in [2.05, 4.69) is 0 Å². The van der Waals surface area contributed by atoms with E-state index in [1.165, 1.54) is 6.08 Å². The number of rotatable bonds is 8. The van der Waals surface area contributed by atoms with E-state index in [0.29, 0.717) is 6.54 Å². The molecule has 2 atom stereocenters. The Morgan fingerprint density at radius 1 is 1.03 bits per heavy atom. The van der Waals surface area contributed by atoms with Gasteiger partial charge in [-0.05, 0) is 64.2 Å². The molecule has 5 rings (SSSR count). The third-order valence-electron chi connectivity index (χ3n) is 6.39. The number of halogens is 1. The molecule has 4 aromatic rings. The molecule has 36 heavy (non-hydrogen) atoms. The Morgan fingerprint density at radius 3 is 2.61 bits per heavy atom. The maximum atomic E-state index is 15.8. The maximum absolute atomic E-state index is 15.8. The number of ether oxygens (including phenoxy) is 1. The van der Waals surface area contributed by atoms with Crippen LogP contribution in [0.15, 0.2) is 102 Å². The first kappa shape index (κ1) is 23.7. The highest BCUT2D eigenvalue weighted by Crippen LogP contribution is 2.36. The van der Waals surface area contributed by atoms with Crippen LogP contribution in [0.4, 0.5) is 4.39 Å². The van der Waals surface area contributed by atoms with E-state index in [1.807, 2.05) is 72.8 Å². The van der Waals surface area contributed by atoms with Crippen molar-refractivity contribution < 1.29 is 23.4 Å². The van der Waals surface area contributed by atoms with Crippen LogP contribution < -0.4 is 5.73 Å². The Hall–Kier alpha value is -4.00. The Bertz CT molecular complexity index is 1460. The monoisotopic (exact) mass is 483 g/mol. The molecule has 182 valence electrons. The summed E-state index contributed by atoms with van der Waals surface area (Å²) in [5.41, 5.74) is 9.75. The van der Waals surface area contributed by atoms with E-state index < -0.39 is 24.2 Å². The van der Waals surface area contributed by atoms with Crippen LogP contribution in [0.5, 0.6) is 0 Å². The summed E-state index contributed by atoms with van der Waals surface area (Å²) in [6, 6.07) is 23.2. The lowest BCUT2D eigenvalue weighted by Crippen LogP contribution is -2.40. The number of benzene rings is 3.